The Kier molecular flexibility index (Phi) is 4.44. The van der Waals surface area contributed by atoms with Crippen LogP contribution in [0, 0.1) is 0 Å². The third-order valence-corrected chi connectivity index (χ3v) is 4.19. The fourth-order valence-corrected chi connectivity index (χ4v) is 2.93. The van der Waals surface area contributed by atoms with E-state index in [0.29, 0.717) is 12.2 Å². The molecular formula is C12H14BrNOS. The molecule has 1 aliphatic heterocycles. The molecule has 1 fully saturated rings. The number of hydrogen-bond acceptors (Lipinski definition) is 3. The predicted octanol–water partition coefficient (Wildman–Crippen LogP) is 2.27. The Balaban J connectivity index is 1.93. The minimum atomic E-state index is 0.0439. The molecule has 1 saturated heterocycles. The molecule has 2 nitrogen and oxygen atoms in total. The highest BCUT2D eigenvalue weighted by molar-refractivity contribution is 9.10. The van der Waals surface area contributed by atoms with Crippen LogP contribution in [-0.2, 0) is 11.2 Å². The number of hydrogen-bond donors (Lipinski definition) is 1. The molecule has 1 N–H and O–H groups in total. The van der Waals surface area contributed by atoms with E-state index in [-0.39, 0.29) is 6.04 Å². The van der Waals surface area contributed by atoms with Gasteiger partial charge in [0, 0.05) is 28.9 Å². The summed E-state index contributed by atoms with van der Waals surface area (Å²) in [4.78, 5) is 12.0. The first-order valence-corrected chi connectivity index (χ1v) is 7.29. The van der Waals surface area contributed by atoms with Gasteiger partial charge in [-0.05, 0) is 17.7 Å². The van der Waals surface area contributed by atoms with E-state index in [0.717, 1.165) is 28.1 Å². The molecule has 1 aromatic rings. The van der Waals surface area contributed by atoms with Crippen LogP contribution in [-0.4, -0.2) is 29.9 Å². The van der Waals surface area contributed by atoms with Gasteiger partial charge in [-0.15, -0.1) is 0 Å². The van der Waals surface area contributed by atoms with Gasteiger partial charge < -0.3 is 5.32 Å². The van der Waals surface area contributed by atoms with Crippen LogP contribution in [0.3, 0.4) is 0 Å². The lowest BCUT2D eigenvalue weighted by molar-refractivity contribution is -0.119. The van der Waals surface area contributed by atoms with Crippen molar-refractivity contribution in [2.45, 2.75) is 12.5 Å². The van der Waals surface area contributed by atoms with Gasteiger partial charge in [0.25, 0.3) is 0 Å². The molecule has 0 aromatic heterocycles. The van der Waals surface area contributed by atoms with Gasteiger partial charge in [0.2, 0.25) is 0 Å². The molecule has 1 unspecified atom stereocenters. The number of Topliss-reactive ketones (excluding diaryl/α,β-unsaturated/α-hetero) is 1. The molecule has 0 radical (unpaired) electrons. The van der Waals surface area contributed by atoms with E-state index in [2.05, 4.69) is 21.2 Å². The summed E-state index contributed by atoms with van der Waals surface area (Å²) in [7, 11) is 0. The van der Waals surface area contributed by atoms with Crippen LogP contribution in [0.1, 0.15) is 5.56 Å². The van der Waals surface area contributed by atoms with Crippen molar-refractivity contribution in [3.8, 4) is 0 Å². The van der Waals surface area contributed by atoms with Crippen LogP contribution in [0.15, 0.2) is 28.7 Å². The van der Waals surface area contributed by atoms with Crippen molar-refractivity contribution in [2.24, 2.45) is 0 Å². The topological polar surface area (TPSA) is 29.1 Å². The molecule has 4 heteroatoms. The zero-order valence-corrected chi connectivity index (χ0v) is 11.3. The first-order valence-electron chi connectivity index (χ1n) is 5.34. The van der Waals surface area contributed by atoms with Crippen LogP contribution in [0.5, 0.6) is 0 Å². The monoisotopic (exact) mass is 299 g/mol. The molecule has 0 amide bonds. The Hall–Kier alpha value is -0.320. The fourth-order valence-electron chi connectivity index (χ4n) is 1.70. The second-order valence-electron chi connectivity index (χ2n) is 3.85. The van der Waals surface area contributed by atoms with Gasteiger partial charge in [0.05, 0.1) is 6.04 Å². The molecule has 0 spiro atoms. The van der Waals surface area contributed by atoms with Gasteiger partial charge in [-0.3, -0.25) is 4.79 Å². The Morgan fingerprint density at radius 3 is 2.81 bits per heavy atom. The summed E-state index contributed by atoms with van der Waals surface area (Å²) in [5.74, 6) is 2.33. The number of ketones is 1. The molecule has 1 aliphatic rings. The number of nitrogens with one attached hydrogen (secondary N) is 1. The van der Waals surface area contributed by atoms with Crippen molar-refractivity contribution in [1.29, 1.82) is 0 Å². The van der Waals surface area contributed by atoms with Crippen molar-refractivity contribution >= 4 is 33.5 Å². The SMILES string of the molecule is O=C(Cc1ccc(Br)cc1)C1CSCCN1. The fraction of sp³-hybridized carbons (Fsp3) is 0.417. The smallest absolute Gasteiger partial charge is 0.154 e. The third-order valence-electron chi connectivity index (χ3n) is 2.60. The summed E-state index contributed by atoms with van der Waals surface area (Å²) >= 11 is 5.24. The molecule has 1 heterocycles. The third kappa shape index (κ3) is 3.34. The van der Waals surface area contributed by atoms with Gasteiger partial charge >= 0.3 is 0 Å². The summed E-state index contributed by atoms with van der Waals surface area (Å²) < 4.78 is 1.05. The van der Waals surface area contributed by atoms with Crippen molar-refractivity contribution in [3.63, 3.8) is 0 Å². The van der Waals surface area contributed by atoms with Gasteiger partial charge in [0.1, 0.15) is 0 Å². The van der Waals surface area contributed by atoms with E-state index < -0.39 is 0 Å². The highest BCUT2D eigenvalue weighted by Crippen LogP contribution is 2.13. The zero-order chi connectivity index (χ0) is 11.4. The van der Waals surface area contributed by atoms with Crippen molar-refractivity contribution < 1.29 is 4.79 Å². The number of halogens is 1. The van der Waals surface area contributed by atoms with E-state index >= 15 is 0 Å². The van der Waals surface area contributed by atoms with Crippen LogP contribution in [0.2, 0.25) is 0 Å². The number of carbonyl (C=O) groups excluding carboxylic acids is 1. The molecule has 0 bridgehead atoms. The number of benzene rings is 1. The summed E-state index contributed by atoms with van der Waals surface area (Å²) in [6.07, 6.45) is 0.533. The minimum absolute atomic E-state index is 0.0439. The molecule has 1 aromatic carbocycles. The van der Waals surface area contributed by atoms with Crippen molar-refractivity contribution in [2.75, 3.05) is 18.1 Å². The lowest BCUT2D eigenvalue weighted by Gasteiger charge is -2.21. The Bertz CT molecular complexity index is 360. The lowest BCUT2D eigenvalue weighted by Crippen LogP contribution is -2.44. The lowest BCUT2D eigenvalue weighted by atomic mass is 10.0. The maximum atomic E-state index is 12.0. The standard InChI is InChI=1S/C12H14BrNOS/c13-10-3-1-9(2-4-10)7-12(15)11-8-16-6-5-14-11/h1-4,11,14H,5-8H2. The van der Waals surface area contributed by atoms with Crippen LogP contribution in [0.25, 0.3) is 0 Å². The average molecular weight is 300 g/mol. The Labute approximate surface area is 108 Å². The van der Waals surface area contributed by atoms with E-state index in [4.69, 9.17) is 0 Å². The maximum absolute atomic E-state index is 12.0. The molecule has 86 valence electrons. The van der Waals surface area contributed by atoms with Crippen molar-refractivity contribution in [3.05, 3.63) is 34.3 Å². The molecule has 0 saturated carbocycles. The average Bonchev–Trinajstić information content (AvgIpc) is 2.33. The predicted molar refractivity (Wildman–Crippen MR) is 72.0 cm³/mol. The van der Waals surface area contributed by atoms with E-state index in [9.17, 15) is 4.79 Å². The normalized spacial score (nSPS) is 20.7. The first kappa shape index (κ1) is 12.1. The highest BCUT2D eigenvalue weighted by Gasteiger charge is 2.20. The molecule has 1 atom stereocenters. The van der Waals surface area contributed by atoms with Gasteiger partial charge in [-0.2, -0.15) is 11.8 Å². The van der Waals surface area contributed by atoms with Gasteiger partial charge in [-0.1, -0.05) is 28.1 Å². The molecular weight excluding hydrogens is 286 g/mol. The number of rotatable bonds is 3. The van der Waals surface area contributed by atoms with Crippen LogP contribution >= 0.6 is 27.7 Å². The van der Waals surface area contributed by atoms with E-state index in [1.165, 1.54) is 0 Å². The summed E-state index contributed by atoms with van der Waals surface area (Å²) in [6.45, 7) is 0.946. The molecule has 2 rings (SSSR count). The van der Waals surface area contributed by atoms with Crippen molar-refractivity contribution in [1.82, 2.24) is 5.32 Å². The van der Waals surface area contributed by atoms with Crippen LogP contribution < -0.4 is 5.32 Å². The molecule has 16 heavy (non-hydrogen) atoms. The first-order chi connectivity index (χ1) is 7.75. The Morgan fingerprint density at radius 2 is 2.19 bits per heavy atom. The van der Waals surface area contributed by atoms with Gasteiger partial charge in [0.15, 0.2) is 5.78 Å². The maximum Gasteiger partial charge on any atom is 0.154 e. The summed E-state index contributed by atoms with van der Waals surface area (Å²) in [6, 6.07) is 8.00. The Morgan fingerprint density at radius 1 is 1.44 bits per heavy atom. The largest absolute Gasteiger partial charge is 0.306 e. The number of thioether (sulfide) groups is 1. The second kappa shape index (κ2) is 5.84. The zero-order valence-electron chi connectivity index (χ0n) is 8.91. The quantitative estimate of drug-likeness (QED) is 0.928. The van der Waals surface area contributed by atoms with Gasteiger partial charge in [-0.25, -0.2) is 0 Å². The van der Waals surface area contributed by atoms with Crippen LogP contribution in [0.4, 0.5) is 0 Å². The number of carbonyl (C=O) groups is 1. The summed E-state index contributed by atoms with van der Waals surface area (Å²) in [5, 5.41) is 3.27. The van der Waals surface area contributed by atoms with E-state index in [1.54, 1.807) is 0 Å². The minimum Gasteiger partial charge on any atom is -0.306 e. The second-order valence-corrected chi connectivity index (χ2v) is 5.92. The summed E-state index contributed by atoms with van der Waals surface area (Å²) in [5.41, 5.74) is 1.09. The highest BCUT2D eigenvalue weighted by atomic mass is 79.9. The molecule has 0 aliphatic carbocycles. The van der Waals surface area contributed by atoms with E-state index in [1.807, 2.05) is 36.0 Å².